The van der Waals surface area contributed by atoms with E-state index in [2.05, 4.69) is 25.3 Å². The van der Waals surface area contributed by atoms with E-state index in [0.717, 1.165) is 11.3 Å². The fourth-order valence-corrected chi connectivity index (χ4v) is 3.61. The molecule has 4 aromatic rings. The summed E-state index contributed by atoms with van der Waals surface area (Å²) in [7, 11) is 3.34. The molecule has 3 N–H and O–H groups in total. The molecule has 0 bridgehead atoms. The highest BCUT2D eigenvalue weighted by Crippen LogP contribution is 2.30. The second-order valence-electron chi connectivity index (χ2n) is 8.80. The molecule has 0 radical (unpaired) electrons. The average molecular weight is 463 g/mol. The molecule has 4 rings (SSSR count). The van der Waals surface area contributed by atoms with Crippen LogP contribution in [0.3, 0.4) is 0 Å². The van der Waals surface area contributed by atoms with Gasteiger partial charge in [0.25, 0.3) is 5.91 Å². The minimum absolute atomic E-state index is 0.0548. The summed E-state index contributed by atoms with van der Waals surface area (Å²) in [6.07, 6.45) is 6.53. The Morgan fingerprint density at radius 2 is 1.94 bits per heavy atom. The van der Waals surface area contributed by atoms with Gasteiger partial charge in [-0.15, -0.1) is 0 Å². The molecular weight excluding hydrogens is 436 g/mol. The normalized spacial score (nSPS) is 11.6. The van der Waals surface area contributed by atoms with Crippen LogP contribution in [-0.2, 0) is 4.79 Å². The van der Waals surface area contributed by atoms with Crippen LogP contribution in [0.5, 0.6) is 0 Å². The van der Waals surface area contributed by atoms with Gasteiger partial charge in [-0.1, -0.05) is 0 Å². The van der Waals surface area contributed by atoms with Crippen molar-refractivity contribution in [2.75, 3.05) is 26.4 Å². The maximum atomic E-state index is 13.0. The highest BCUT2D eigenvalue weighted by Gasteiger charge is 2.30. The van der Waals surface area contributed by atoms with E-state index >= 15 is 0 Å². The molecule has 0 aliphatic rings. The third-order valence-corrected chi connectivity index (χ3v) is 5.41. The zero-order valence-corrected chi connectivity index (χ0v) is 19.7. The lowest BCUT2D eigenvalue weighted by atomic mass is 9.91. The largest absolute Gasteiger partial charge is 0.443 e. The number of anilines is 1. The van der Waals surface area contributed by atoms with Crippen LogP contribution in [-0.4, -0.2) is 61.7 Å². The van der Waals surface area contributed by atoms with E-state index in [9.17, 15) is 9.59 Å². The number of rotatable bonds is 6. The minimum Gasteiger partial charge on any atom is -0.443 e. The minimum atomic E-state index is -0.813. The number of aromatic nitrogens is 5. The molecule has 0 aromatic carbocycles. The lowest BCUT2D eigenvalue weighted by Gasteiger charge is -2.27. The van der Waals surface area contributed by atoms with Gasteiger partial charge in [-0.05, 0) is 32.9 Å². The fourth-order valence-electron chi connectivity index (χ4n) is 3.61. The molecular formula is C23H26N8O3. The molecule has 4 aromatic heterocycles. The van der Waals surface area contributed by atoms with E-state index < -0.39 is 11.3 Å². The van der Waals surface area contributed by atoms with Gasteiger partial charge in [-0.25, -0.2) is 19.9 Å². The molecule has 0 unspecified atom stereocenters. The zero-order chi connectivity index (χ0) is 24.6. The van der Waals surface area contributed by atoms with E-state index in [1.807, 2.05) is 29.7 Å². The van der Waals surface area contributed by atoms with Crippen molar-refractivity contribution >= 4 is 23.3 Å². The summed E-state index contributed by atoms with van der Waals surface area (Å²) in [5.74, 6) is -0.507. The van der Waals surface area contributed by atoms with Gasteiger partial charge < -0.3 is 24.8 Å². The topological polar surface area (TPSA) is 145 Å². The number of hydrogen-bond acceptors (Lipinski definition) is 8. The smallest absolute Gasteiger partial charge is 0.273 e. The van der Waals surface area contributed by atoms with Crippen LogP contribution in [0.1, 0.15) is 30.0 Å². The van der Waals surface area contributed by atoms with E-state index in [4.69, 9.17) is 10.2 Å². The number of nitrogens with zero attached hydrogens (tertiary/aromatic N) is 6. The maximum Gasteiger partial charge on any atom is 0.273 e. The first kappa shape index (κ1) is 22.9. The van der Waals surface area contributed by atoms with Gasteiger partial charge in [0, 0.05) is 44.3 Å². The van der Waals surface area contributed by atoms with Crippen LogP contribution in [0, 0.1) is 12.3 Å². The molecule has 0 atom stereocenters. The second-order valence-corrected chi connectivity index (χ2v) is 8.80. The van der Waals surface area contributed by atoms with E-state index in [1.165, 1.54) is 17.4 Å². The van der Waals surface area contributed by atoms with Crippen molar-refractivity contribution in [3.8, 4) is 22.8 Å². The lowest BCUT2D eigenvalue weighted by Crippen LogP contribution is -2.44. The Labute approximate surface area is 196 Å². The van der Waals surface area contributed by atoms with Crippen LogP contribution in [0.2, 0.25) is 0 Å². The molecule has 0 aliphatic carbocycles. The molecule has 34 heavy (non-hydrogen) atoms. The number of amides is 2. The van der Waals surface area contributed by atoms with Crippen molar-refractivity contribution in [2.45, 2.75) is 20.8 Å². The van der Waals surface area contributed by atoms with Crippen molar-refractivity contribution in [2.24, 2.45) is 5.41 Å². The molecule has 0 fully saturated rings. The van der Waals surface area contributed by atoms with Crippen molar-refractivity contribution in [3.05, 3.63) is 48.4 Å². The third-order valence-electron chi connectivity index (χ3n) is 5.41. The number of hydrogen-bond donors (Lipinski definition) is 2. The first-order chi connectivity index (χ1) is 16.1. The highest BCUT2D eigenvalue weighted by atomic mass is 16.3. The summed E-state index contributed by atoms with van der Waals surface area (Å²) < 4.78 is 7.35. The molecule has 176 valence electrons. The monoisotopic (exact) mass is 462 g/mol. The Kier molecular flexibility index (Phi) is 5.78. The lowest BCUT2D eigenvalue weighted by molar-refractivity contribution is -0.137. The molecule has 2 amide bonds. The van der Waals surface area contributed by atoms with Gasteiger partial charge in [-0.2, -0.15) is 0 Å². The molecule has 4 heterocycles. The number of aryl methyl sites for hydroxylation is 1. The van der Waals surface area contributed by atoms with E-state index in [1.54, 1.807) is 34.1 Å². The van der Waals surface area contributed by atoms with Crippen LogP contribution < -0.4 is 11.1 Å². The third kappa shape index (κ3) is 4.19. The number of oxazole rings is 1. The summed E-state index contributed by atoms with van der Waals surface area (Å²) in [5, 5.41) is 2.76. The Hall–Kier alpha value is -4.28. The summed E-state index contributed by atoms with van der Waals surface area (Å²) in [6, 6.07) is 3.67. The van der Waals surface area contributed by atoms with Crippen molar-refractivity contribution in [1.29, 1.82) is 0 Å². The first-order valence-corrected chi connectivity index (χ1v) is 10.6. The van der Waals surface area contributed by atoms with Gasteiger partial charge in [0.15, 0.2) is 17.2 Å². The van der Waals surface area contributed by atoms with Crippen molar-refractivity contribution in [1.82, 2.24) is 34.6 Å². The zero-order valence-electron chi connectivity index (χ0n) is 19.7. The van der Waals surface area contributed by atoms with Crippen LogP contribution in [0.25, 0.3) is 28.5 Å². The summed E-state index contributed by atoms with van der Waals surface area (Å²) in [6.45, 7) is 5.54. The summed E-state index contributed by atoms with van der Waals surface area (Å²) >= 11 is 0. The number of nitrogen functional groups attached to an aromatic ring is 1. The second kappa shape index (κ2) is 8.58. The predicted molar refractivity (Wildman–Crippen MR) is 126 cm³/mol. The quantitative estimate of drug-likeness (QED) is 0.444. The molecule has 0 saturated carbocycles. The van der Waals surface area contributed by atoms with Gasteiger partial charge in [0.1, 0.15) is 17.6 Å². The summed E-state index contributed by atoms with van der Waals surface area (Å²) in [4.78, 5) is 44.4. The molecule has 0 aliphatic heterocycles. The molecule has 11 nitrogen and oxygen atoms in total. The van der Waals surface area contributed by atoms with Gasteiger partial charge in [-0.3, -0.25) is 9.59 Å². The van der Waals surface area contributed by atoms with Crippen LogP contribution >= 0.6 is 0 Å². The predicted octanol–water partition coefficient (Wildman–Crippen LogP) is 2.18. The van der Waals surface area contributed by atoms with Crippen LogP contribution in [0.15, 0.2) is 41.4 Å². The Morgan fingerprint density at radius 3 is 2.62 bits per heavy atom. The Balaban J connectivity index is 1.75. The number of imidazole rings is 1. The van der Waals surface area contributed by atoms with Crippen molar-refractivity contribution in [3.63, 3.8) is 0 Å². The number of pyridine rings is 1. The first-order valence-electron chi connectivity index (χ1n) is 10.6. The maximum absolute atomic E-state index is 13.0. The molecule has 11 heteroatoms. The van der Waals surface area contributed by atoms with Gasteiger partial charge in [0.2, 0.25) is 11.8 Å². The average Bonchev–Trinajstić information content (AvgIpc) is 3.47. The number of carbonyl (C=O) groups excluding carboxylic acids is 2. The number of nitrogens with two attached hydrogens (primary N) is 1. The molecule has 0 spiro atoms. The van der Waals surface area contributed by atoms with Crippen molar-refractivity contribution < 1.29 is 14.0 Å². The fraction of sp³-hybridized carbons (Fsp3) is 0.304. The number of fused-ring (bicyclic) bond motifs is 1. The summed E-state index contributed by atoms with van der Waals surface area (Å²) in [5.41, 5.74) is 8.32. The number of carbonyl (C=O) groups is 2. The Morgan fingerprint density at radius 1 is 1.18 bits per heavy atom. The number of nitrogens with one attached hydrogen (secondary N) is 1. The van der Waals surface area contributed by atoms with E-state index in [0.29, 0.717) is 17.0 Å². The Bertz CT molecular complexity index is 1370. The van der Waals surface area contributed by atoms with Gasteiger partial charge >= 0.3 is 0 Å². The molecule has 0 saturated heterocycles. The van der Waals surface area contributed by atoms with Crippen LogP contribution in [0.4, 0.5) is 5.82 Å². The SMILES string of the molecule is Cc1cnc2ccc(-c3nc(C(=O)NCC(C)(C)C(=O)N(C)C)c(N)nc3-c3ncco3)cn12. The van der Waals surface area contributed by atoms with Gasteiger partial charge in [0.05, 0.1) is 11.6 Å². The standard InChI is InChI=1S/C23H26N8O3/c1-13-10-26-15-7-6-14(11-31(13)15)16-17(21-25-8-9-34-21)29-19(24)18(28-16)20(32)27-12-23(2,3)22(33)30(4)5/h6-11H,12H2,1-5H3,(H2,24,29)(H,27,32). The van der Waals surface area contributed by atoms with E-state index in [-0.39, 0.29) is 29.9 Å². The highest BCUT2D eigenvalue weighted by molar-refractivity contribution is 5.98.